The van der Waals surface area contributed by atoms with Gasteiger partial charge in [0, 0.05) is 13.0 Å². The van der Waals surface area contributed by atoms with Crippen molar-refractivity contribution in [2.75, 3.05) is 18.0 Å². The SMILES string of the molecule is O=C(C(c1ccccc1)c1ccccc1)N1C[C@@]2(C(=O)O)C[C@H]1CN2C(=O)N(c1ccccc1)c1ccccc1. The molecule has 0 spiro atoms. The fourth-order valence-corrected chi connectivity index (χ4v) is 6.09. The lowest BCUT2D eigenvalue weighted by Crippen LogP contribution is -2.63. The molecular formula is C33H29N3O4. The summed E-state index contributed by atoms with van der Waals surface area (Å²) >= 11 is 0. The van der Waals surface area contributed by atoms with Crippen LogP contribution in [0.3, 0.4) is 0 Å². The maximum atomic E-state index is 14.2. The number of rotatable bonds is 6. The van der Waals surface area contributed by atoms with E-state index >= 15 is 0 Å². The molecule has 2 aliphatic heterocycles. The monoisotopic (exact) mass is 531 g/mol. The van der Waals surface area contributed by atoms with E-state index in [0.29, 0.717) is 11.4 Å². The van der Waals surface area contributed by atoms with Crippen LogP contribution in [0.2, 0.25) is 0 Å². The Labute approximate surface area is 232 Å². The number of fused-ring (bicyclic) bond motifs is 2. The van der Waals surface area contributed by atoms with Crippen molar-refractivity contribution in [2.45, 2.75) is 23.9 Å². The van der Waals surface area contributed by atoms with Crippen LogP contribution in [-0.2, 0) is 9.59 Å². The number of hydrogen-bond acceptors (Lipinski definition) is 3. The maximum absolute atomic E-state index is 14.2. The van der Waals surface area contributed by atoms with Crippen LogP contribution in [0.1, 0.15) is 23.5 Å². The standard InChI is InChI=1S/C33H29N3O4/c37-30(29(24-13-5-1-6-14-24)25-15-7-2-8-16-25)34-23-33(31(38)39)21-28(34)22-35(33)32(40)36(26-17-9-3-10-18-26)27-19-11-4-12-20-27/h1-20,28-29H,21-23H2,(H,38,39)/t28-,33+/m0/s1. The third kappa shape index (κ3) is 4.29. The number of benzene rings is 4. The van der Waals surface area contributed by atoms with Crippen LogP contribution in [0.4, 0.5) is 16.2 Å². The van der Waals surface area contributed by atoms with Gasteiger partial charge in [0.15, 0.2) is 5.54 Å². The summed E-state index contributed by atoms with van der Waals surface area (Å²) in [5.74, 6) is -1.82. The zero-order valence-electron chi connectivity index (χ0n) is 21.8. The molecule has 40 heavy (non-hydrogen) atoms. The Morgan fingerprint density at radius 2 is 1.18 bits per heavy atom. The summed E-state index contributed by atoms with van der Waals surface area (Å²) in [5, 5.41) is 10.6. The Morgan fingerprint density at radius 3 is 1.62 bits per heavy atom. The van der Waals surface area contributed by atoms with Gasteiger partial charge in [-0.05, 0) is 35.4 Å². The Hall–Kier alpha value is -4.91. The van der Waals surface area contributed by atoms with Crippen LogP contribution in [-0.4, -0.2) is 57.5 Å². The molecular weight excluding hydrogens is 502 g/mol. The minimum atomic E-state index is -1.52. The van der Waals surface area contributed by atoms with E-state index in [2.05, 4.69) is 0 Å². The van der Waals surface area contributed by atoms with Gasteiger partial charge >= 0.3 is 12.0 Å². The number of carboxylic acids is 1. The van der Waals surface area contributed by atoms with E-state index in [1.165, 1.54) is 4.90 Å². The quantitative estimate of drug-likeness (QED) is 0.355. The summed E-state index contributed by atoms with van der Waals surface area (Å²) < 4.78 is 0. The lowest BCUT2D eigenvalue weighted by Gasteiger charge is -2.42. The van der Waals surface area contributed by atoms with Crippen LogP contribution in [0.15, 0.2) is 121 Å². The predicted octanol–water partition coefficient (Wildman–Crippen LogP) is 5.52. The van der Waals surface area contributed by atoms with Crippen LogP contribution < -0.4 is 4.90 Å². The molecule has 2 saturated heterocycles. The maximum Gasteiger partial charge on any atom is 0.331 e. The Morgan fingerprint density at radius 1 is 0.725 bits per heavy atom. The van der Waals surface area contributed by atoms with Gasteiger partial charge in [-0.3, -0.25) is 9.69 Å². The van der Waals surface area contributed by atoms with E-state index in [-0.39, 0.29) is 25.4 Å². The first-order chi connectivity index (χ1) is 19.5. The van der Waals surface area contributed by atoms with Gasteiger partial charge in [-0.2, -0.15) is 0 Å². The second kappa shape index (κ2) is 10.3. The minimum Gasteiger partial charge on any atom is -0.479 e. The number of carbonyl (C=O) groups excluding carboxylic acids is 2. The Balaban J connectivity index is 1.34. The topological polar surface area (TPSA) is 81.2 Å². The normalized spacial score (nSPS) is 19.6. The van der Waals surface area contributed by atoms with Crippen LogP contribution >= 0.6 is 0 Å². The number of hydrogen-bond donors (Lipinski definition) is 1. The highest BCUT2D eigenvalue weighted by molar-refractivity contribution is 6.03. The van der Waals surface area contributed by atoms with Crippen molar-refractivity contribution in [2.24, 2.45) is 0 Å². The third-order valence-corrected chi connectivity index (χ3v) is 8.00. The second-order valence-corrected chi connectivity index (χ2v) is 10.3. The number of nitrogens with zero attached hydrogens (tertiary/aromatic N) is 3. The van der Waals surface area contributed by atoms with E-state index in [9.17, 15) is 19.5 Å². The fraction of sp³-hybridized carbons (Fsp3) is 0.182. The van der Waals surface area contributed by atoms with E-state index in [1.54, 1.807) is 9.80 Å². The molecule has 0 unspecified atom stereocenters. The van der Waals surface area contributed by atoms with Crippen molar-refractivity contribution in [1.82, 2.24) is 9.80 Å². The lowest BCUT2D eigenvalue weighted by atomic mass is 9.89. The Kier molecular flexibility index (Phi) is 6.56. The summed E-state index contributed by atoms with van der Waals surface area (Å²) in [6, 6.07) is 36.7. The molecule has 2 atom stereocenters. The molecule has 2 heterocycles. The molecule has 200 valence electrons. The number of para-hydroxylation sites is 2. The highest BCUT2D eigenvalue weighted by Crippen LogP contribution is 2.44. The highest BCUT2D eigenvalue weighted by atomic mass is 16.4. The molecule has 0 saturated carbocycles. The molecule has 0 aliphatic carbocycles. The smallest absolute Gasteiger partial charge is 0.331 e. The molecule has 7 nitrogen and oxygen atoms in total. The van der Waals surface area contributed by atoms with Crippen molar-refractivity contribution in [1.29, 1.82) is 0 Å². The van der Waals surface area contributed by atoms with E-state index in [1.807, 2.05) is 121 Å². The van der Waals surface area contributed by atoms with Crippen LogP contribution in [0.5, 0.6) is 0 Å². The summed E-state index contributed by atoms with van der Waals surface area (Å²) in [6.07, 6.45) is 0.188. The largest absolute Gasteiger partial charge is 0.479 e. The molecule has 3 amide bonds. The zero-order valence-corrected chi connectivity index (χ0v) is 21.8. The summed E-state index contributed by atoms with van der Waals surface area (Å²) in [4.78, 5) is 46.0. The van der Waals surface area contributed by atoms with Crippen LogP contribution in [0, 0.1) is 0 Å². The average Bonchev–Trinajstić information content (AvgIpc) is 3.58. The van der Waals surface area contributed by atoms with Gasteiger partial charge in [-0.1, -0.05) is 97.1 Å². The number of anilines is 2. The third-order valence-electron chi connectivity index (χ3n) is 8.00. The zero-order chi connectivity index (χ0) is 27.7. The van der Waals surface area contributed by atoms with Crippen molar-refractivity contribution in [3.8, 4) is 0 Å². The highest BCUT2D eigenvalue weighted by Gasteiger charge is 2.63. The fourth-order valence-electron chi connectivity index (χ4n) is 6.09. The first-order valence-corrected chi connectivity index (χ1v) is 13.4. The van der Waals surface area contributed by atoms with Crippen LogP contribution in [0.25, 0.3) is 0 Å². The molecule has 0 aromatic heterocycles. The molecule has 4 aromatic carbocycles. The van der Waals surface area contributed by atoms with Gasteiger partial charge in [0.25, 0.3) is 0 Å². The number of likely N-dealkylation sites (tertiary alicyclic amines) is 2. The van der Waals surface area contributed by atoms with Crippen molar-refractivity contribution < 1.29 is 19.5 Å². The van der Waals surface area contributed by atoms with Crippen molar-refractivity contribution in [3.05, 3.63) is 132 Å². The van der Waals surface area contributed by atoms with E-state index < -0.39 is 29.5 Å². The van der Waals surface area contributed by atoms with Gasteiger partial charge in [-0.25, -0.2) is 9.59 Å². The predicted molar refractivity (Wildman–Crippen MR) is 152 cm³/mol. The van der Waals surface area contributed by atoms with Gasteiger partial charge in [-0.15, -0.1) is 0 Å². The summed E-state index contributed by atoms with van der Waals surface area (Å²) in [7, 11) is 0. The second-order valence-electron chi connectivity index (χ2n) is 10.3. The van der Waals surface area contributed by atoms with E-state index in [0.717, 1.165) is 11.1 Å². The lowest BCUT2D eigenvalue weighted by molar-refractivity contribution is -0.149. The number of carboxylic acid groups (broad SMARTS) is 1. The van der Waals surface area contributed by atoms with Gasteiger partial charge in [0.05, 0.1) is 29.9 Å². The first-order valence-electron chi connectivity index (χ1n) is 13.4. The molecule has 0 radical (unpaired) electrons. The average molecular weight is 532 g/mol. The van der Waals surface area contributed by atoms with E-state index in [4.69, 9.17) is 0 Å². The van der Waals surface area contributed by atoms with Crippen molar-refractivity contribution in [3.63, 3.8) is 0 Å². The summed E-state index contributed by atoms with van der Waals surface area (Å²) in [6.45, 7) is 0.0779. The molecule has 2 aliphatic rings. The van der Waals surface area contributed by atoms with Gasteiger partial charge in [0.1, 0.15) is 0 Å². The number of aliphatic carboxylic acids is 1. The molecule has 2 fully saturated rings. The van der Waals surface area contributed by atoms with Gasteiger partial charge < -0.3 is 14.9 Å². The number of urea groups is 1. The number of amides is 3. The Bertz CT molecular complexity index is 1440. The molecule has 6 rings (SSSR count). The van der Waals surface area contributed by atoms with Gasteiger partial charge in [0.2, 0.25) is 5.91 Å². The molecule has 1 N–H and O–H groups in total. The minimum absolute atomic E-state index is 0.0643. The van der Waals surface area contributed by atoms with Crippen molar-refractivity contribution >= 4 is 29.3 Å². The summed E-state index contributed by atoms with van der Waals surface area (Å²) in [5.41, 5.74) is 1.46. The number of piperazine rings is 1. The molecule has 2 bridgehead atoms. The number of carbonyl (C=O) groups is 3. The molecule has 4 aromatic rings. The first kappa shape index (κ1) is 25.4. The molecule has 7 heteroatoms.